The molecule has 1 fully saturated rings. The molecule has 0 bridgehead atoms. The van der Waals surface area contributed by atoms with Crippen LogP contribution >= 0.6 is 0 Å². The third-order valence-electron chi connectivity index (χ3n) is 5.13. The molecule has 4 rings (SSSR count). The number of pyridine rings is 1. The number of aryl methyl sites for hydroxylation is 1. The standard InChI is InChI=1S/C20H21FN4O2/c1-11-18-14(20(27)22-13-5-3-2-4-6-13)10-16(23-19(18)25-24-11)12-7-8-17(26)15(21)9-12/h7-10,13,26H,2-6H2,1H3,(H,22,27)(H,23,24,25). The number of carbonyl (C=O) groups is 1. The maximum atomic E-state index is 13.8. The fraction of sp³-hybridized carbons (Fsp3) is 0.350. The number of fused-ring (bicyclic) bond motifs is 1. The summed E-state index contributed by atoms with van der Waals surface area (Å²) >= 11 is 0. The monoisotopic (exact) mass is 368 g/mol. The van der Waals surface area contributed by atoms with Gasteiger partial charge in [0, 0.05) is 17.3 Å². The van der Waals surface area contributed by atoms with E-state index in [0.29, 0.717) is 27.9 Å². The number of rotatable bonds is 3. The van der Waals surface area contributed by atoms with Crippen LogP contribution in [0.1, 0.15) is 48.2 Å². The lowest BCUT2D eigenvalue weighted by atomic mass is 9.95. The van der Waals surface area contributed by atoms with Gasteiger partial charge in [-0.2, -0.15) is 5.10 Å². The second-order valence-electron chi connectivity index (χ2n) is 7.08. The van der Waals surface area contributed by atoms with Crippen LogP contribution in [0.3, 0.4) is 0 Å². The largest absolute Gasteiger partial charge is 0.505 e. The number of benzene rings is 1. The minimum Gasteiger partial charge on any atom is -0.505 e. The fourth-order valence-electron chi connectivity index (χ4n) is 3.68. The Hall–Kier alpha value is -2.96. The van der Waals surface area contributed by atoms with Gasteiger partial charge in [0.1, 0.15) is 0 Å². The van der Waals surface area contributed by atoms with Crippen LogP contribution in [-0.4, -0.2) is 32.2 Å². The van der Waals surface area contributed by atoms with Crippen molar-refractivity contribution >= 4 is 16.9 Å². The van der Waals surface area contributed by atoms with Gasteiger partial charge in [-0.15, -0.1) is 0 Å². The second kappa shape index (κ2) is 6.98. The number of amides is 1. The third kappa shape index (κ3) is 3.37. The highest BCUT2D eigenvalue weighted by Crippen LogP contribution is 2.28. The van der Waals surface area contributed by atoms with Crippen LogP contribution in [0.15, 0.2) is 24.3 Å². The zero-order valence-corrected chi connectivity index (χ0v) is 15.1. The quantitative estimate of drug-likeness (QED) is 0.655. The van der Waals surface area contributed by atoms with Gasteiger partial charge in [0.2, 0.25) is 0 Å². The van der Waals surface area contributed by atoms with Crippen LogP contribution in [0.25, 0.3) is 22.3 Å². The second-order valence-corrected chi connectivity index (χ2v) is 7.08. The van der Waals surface area contributed by atoms with E-state index in [1.54, 1.807) is 12.1 Å². The van der Waals surface area contributed by atoms with E-state index in [9.17, 15) is 14.3 Å². The number of halogens is 1. The van der Waals surface area contributed by atoms with Crippen LogP contribution in [0.5, 0.6) is 5.75 Å². The number of nitrogens with zero attached hydrogens (tertiary/aromatic N) is 2. The van der Waals surface area contributed by atoms with Gasteiger partial charge >= 0.3 is 0 Å². The number of phenolic OH excluding ortho intramolecular Hbond substituents is 1. The Bertz CT molecular complexity index is 1010. The van der Waals surface area contributed by atoms with E-state index in [1.165, 1.54) is 18.6 Å². The Morgan fingerprint density at radius 1 is 1.26 bits per heavy atom. The number of phenols is 1. The van der Waals surface area contributed by atoms with E-state index in [-0.39, 0.29) is 11.9 Å². The summed E-state index contributed by atoms with van der Waals surface area (Å²) < 4.78 is 13.8. The summed E-state index contributed by atoms with van der Waals surface area (Å²) in [4.78, 5) is 17.4. The molecule has 0 atom stereocenters. The number of aromatic nitrogens is 3. The summed E-state index contributed by atoms with van der Waals surface area (Å²) in [7, 11) is 0. The molecule has 1 amide bonds. The molecular weight excluding hydrogens is 347 g/mol. The highest BCUT2D eigenvalue weighted by molar-refractivity contribution is 6.07. The summed E-state index contributed by atoms with van der Waals surface area (Å²) in [5, 5.41) is 20.3. The zero-order chi connectivity index (χ0) is 19.0. The van der Waals surface area contributed by atoms with Gasteiger partial charge < -0.3 is 10.4 Å². The van der Waals surface area contributed by atoms with E-state index >= 15 is 0 Å². The Morgan fingerprint density at radius 3 is 2.78 bits per heavy atom. The van der Waals surface area contributed by atoms with Crippen molar-refractivity contribution in [2.45, 2.75) is 45.1 Å². The van der Waals surface area contributed by atoms with Crippen molar-refractivity contribution in [1.82, 2.24) is 20.5 Å². The zero-order valence-electron chi connectivity index (χ0n) is 15.1. The smallest absolute Gasteiger partial charge is 0.252 e. The summed E-state index contributed by atoms with van der Waals surface area (Å²) in [5.74, 6) is -1.33. The third-order valence-corrected chi connectivity index (χ3v) is 5.13. The number of H-pyrrole nitrogens is 1. The number of nitrogens with one attached hydrogen (secondary N) is 2. The van der Waals surface area contributed by atoms with Gasteiger partial charge in [0.25, 0.3) is 5.91 Å². The predicted molar refractivity (Wildman–Crippen MR) is 100 cm³/mol. The normalized spacial score (nSPS) is 15.2. The lowest BCUT2D eigenvalue weighted by Gasteiger charge is -2.23. The summed E-state index contributed by atoms with van der Waals surface area (Å²) in [5.41, 5.74) is 2.54. The van der Waals surface area contributed by atoms with Crippen LogP contribution in [-0.2, 0) is 0 Å². The lowest BCUT2D eigenvalue weighted by molar-refractivity contribution is 0.0929. The number of aromatic amines is 1. The lowest BCUT2D eigenvalue weighted by Crippen LogP contribution is -2.36. The predicted octanol–water partition coefficient (Wildman–Crippen LogP) is 3.84. The van der Waals surface area contributed by atoms with Crippen LogP contribution in [0.2, 0.25) is 0 Å². The van der Waals surface area contributed by atoms with Crippen molar-refractivity contribution in [3.63, 3.8) is 0 Å². The van der Waals surface area contributed by atoms with Crippen molar-refractivity contribution in [2.24, 2.45) is 0 Å². The Balaban J connectivity index is 1.76. The maximum Gasteiger partial charge on any atom is 0.252 e. The first kappa shape index (κ1) is 17.5. The van der Waals surface area contributed by atoms with Gasteiger partial charge in [-0.3, -0.25) is 9.89 Å². The first-order valence-corrected chi connectivity index (χ1v) is 9.18. The average Bonchev–Trinajstić information content (AvgIpc) is 3.05. The first-order chi connectivity index (χ1) is 13.0. The number of hydrogen-bond donors (Lipinski definition) is 3. The van der Waals surface area contributed by atoms with Crippen LogP contribution in [0, 0.1) is 12.7 Å². The minimum absolute atomic E-state index is 0.167. The van der Waals surface area contributed by atoms with Crippen molar-refractivity contribution in [3.05, 3.63) is 41.3 Å². The van der Waals surface area contributed by atoms with E-state index in [1.807, 2.05) is 6.92 Å². The minimum atomic E-state index is -0.735. The fourth-order valence-corrected chi connectivity index (χ4v) is 3.68. The van der Waals surface area contributed by atoms with Gasteiger partial charge in [-0.1, -0.05) is 19.3 Å². The molecule has 2 heterocycles. The molecule has 0 saturated heterocycles. The molecule has 7 heteroatoms. The van der Waals surface area contributed by atoms with Crippen LogP contribution in [0.4, 0.5) is 4.39 Å². The molecule has 1 aliphatic carbocycles. The summed E-state index contributed by atoms with van der Waals surface area (Å²) in [6, 6.07) is 5.88. The number of carbonyl (C=O) groups excluding carboxylic acids is 1. The van der Waals surface area contributed by atoms with E-state index in [2.05, 4.69) is 20.5 Å². The van der Waals surface area contributed by atoms with Crippen molar-refractivity contribution in [2.75, 3.05) is 0 Å². The molecular formula is C20H21FN4O2. The van der Waals surface area contributed by atoms with Gasteiger partial charge in [-0.25, -0.2) is 9.37 Å². The molecule has 140 valence electrons. The molecule has 27 heavy (non-hydrogen) atoms. The molecule has 0 aliphatic heterocycles. The van der Waals surface area contributed by atoms with Gasteiger partial charge in [-0.05, 0) is 44.0 Å². The first-order valence-electron chi connectivity index (χ1n) is 9.18. The molecule has 1 aromatic carbocycles. The Morgan fingerprint density at radius 2 is 2.04 bits per heavy atom. The van der Waals surface area contributed by atoms with Crippen LogP contribution < -0.4 is 5.32 Å². The topological polar surface area (TPSA) is 90.9 Å². The van der Waals surface area contributed by atoms with Gasteiger partial charge in [0.05, 0.1) is 16.6 Å². The molecule has 0 radical (unpaired) electrons. The SMILES string of the molecule is Cc1[nH]nc2nc(-c3ccc(O)c(F)c3)cc(C(=O)NC3CCCCC3)c12. The number of aromatic hydroxyl groups is 1. The Labute approximate surface area is 155 Å². The number of hydrogen-bond acceptors (Lipinski definition) is 4. The van der Waals surface area contributed by atoms with Crippen molar-refractivity contribution in [3.8, 4) is 17.0 Å². The molecule has 0 unspecified atom stereocenters. The maximum absolute atomic E-state index is 13.8. The molecule has 1 aliphatic rings. The molecule has 3 aromatic rings. The summed E-state index contributed by atoms with van der Waals surface area (Å²) in [6.45, 7) is 1.84. The van der Waals surface area contributed by atoms with E-state index < -0.39 is 11.6 Å². The van der Waals surface area contributed by atoms with E-state index in [0.717, 1.165) is 31.4 Å². The average molecular weight is 368 g/mol. The van der Waals surface area contributed by atoms with Gasteiger partial charge in [0.15, 0.2) is 17.2 Å². The molecule has 6 nitrogen and oxygen atoms in total. The molecule has 1 saturated carbocycles. The molecule has 3 N–H and O–H groups in total. The molecule has 2 aromatic heterocycles. The van der Waals surface area contributed by atoms with E-state index in [4.69, 9.17) is 0 Å². The van der Waals surface area contributed by atoms with Crippen molar-refractivity contribution in [1.29, 1.82) is 0 Å². The Kier molecular flexibility index (Phi) is 4.51. The highest BCUT2D eigenvalue weighted by Gasteiger charge is 2.21. The summed E-state index contributed by atoms with van der Waals surface area (Å²) in [6.07, 6.45) is 5.43. The van der Waals surface area contributed by atoms with Crippen molar-refractivity contribution < 1.29 is 14.3 Å². The molecule has 0 spiro atoms. The highest BCUT2D eigenvalue weighted by atomic mass is 19.1.